The molecule has 0 aliphatic carbocycles. The van der Waals surface area contributed by atoms with Gasteiger partial charge in [-0.2, -0.15) is 0 Å². The van der Waals surface area contributed by atoms with E-state index in [0.717, 1.165) is 90.2 Å². The van der Waals surface area contributed by atoms with Crippen LogP contribution in [0.1, 0.15) is 56.7 Å². The second-order valence-corrected chi connectivity index (χ2v) is 20.2. The van der Waals surface area contributed by atoms with Gasteiger partial charge in [0.1, 0.15) is 11.2 Å². The zero-order chi connectivity index (χ0) is 49.0. The van der Waals surface area contributed by atoms with Gasteiger partial charge in [0.15, 0.2) is 7.28 Å². The summed E-state index contributed by atoms with van der Waals surface area (Å²) < 4.78 is 6.79. The third kappa shape index (κ3) is 7.88. The van der Waals surface area contributed by atoms with Crippen LogP contribution in [-0.2, 0) is 11.8 Å². The van der Waals surface area contributed by atoms with E-state index in [-0.39, 0.29) is 5.41 Å². The molecule has 1 radical (unpaired) electrons. The highest BCUT2D eigenvalue weighted by Crippen LogP contribution is 2.54. The fourth-order valence-corrected chi connectivity index (χ4v) is 11.6. The summed E-state index contributed by atoms with van der Waals surface area (Å²) >= 11 is 0. The number of rotatable bonds is 12. The predicted molar refractivity (Wildman–Crippen MR) is 309 cm³/mol. The summed E-state index contributed by atoms with van der Waals surface area (Å²) in [5.74, 6) is 0. The van der Waals surface area contributed by atoms with Gasteiger partial charge >= 0.3 is 0 Å². The van der Waals surface area contributed by atoms with Crippen LogP contribution in [-0.4, -0.2) is 7.28 Å². The molecular formula is C68H55BN3O. The van der Waals surface area contributed by atoms with E-state index in [1.54, 1.807) is 0 Å². The van der Waals surface area contributed by atoms with Crippen molar-refractivity contribution in [3.8, 4) is 33.4 Å². The van der Waals surface area contributed by atoms with Gasteiger partial charge in [-0.3, -0.25) is 0 Å². The van der Waals surface area contributed by atoms with Crippen LogP contribution < -0.4 is 26.0 Å². The fraction of sp³-hybridized carbons (Fsp3) is 0.118. The minimum atomic E-state index is -0.221. The first-order valence-electron chi connectivity index (χ1n) is 25.9. The highest BCUT2D eigenvalue weighted by Gasteiger charge is 2.41. The first-order chi connectivity index (χ1) is 35.9. The Hall–Kier alpha value is -8.54. The second kappa shape index (κ2) is 18.3. The summed E-state index contributed by atoms with van der Waals surface area (Å²) in [5, 5.41) is 6.16. The number of benzene rings is 10. The molecular weight excluding hydrogens is 886 g/mol. The molecule has 2 aliphatic rings. The summed E-state index contributed by atoms with van der Waals surface area (Å²) in [6, 6.07) is 82.1. The van der Waals surface area contributed by atoms with Crippen LogP contribution >= 0.6 is 0 Å². The molecule has 0 saturated heterocycles. The summed E-state index contributed by atoms with van der Waals surface area (Å²) in [5.41, 5.74) is 23.3. The van der Waals surface area contributed by atoms with E-state index in [2.05, 4.69) is 268 Å². The molecule has 5 heteroatoms. The van der Waals surface area contributed by atoms with Gasteiger partial charge in [-0.1, -0.05) is 191 Å². The standard InChI is InChI=1S/C68H55BN3O/c1-4-5-8-20-45-35-37-50(38-36-45)70-61-43-56-54-29-13-16-34-64(54)73-65(56)44-55(61)57-41-53(42-63-66(57)69-60-32-19-31-59-67(60)72(63)62-33-15-14-30-58(62)68(59,2)3)71(51-27-17-25-48(39-51)46-21-9-6-10-22-46)52-28-18-26-49(40-52)47-23-11-7-12-24-47/h6-7,9-19,21-44,70H,4-5,8,20H2,1-3H3. The van der Waals surface area contributed by atoms with Gasteiger partial charge in [0.05, 0.1) is 5.69 Å². The van der Waals surface area contributed by atoms with E-state index >= 15 is 0 Å². The number of nitrogens with one attached hydrogen (secondary N) is 1. The fourth-order valence-electron chi connectivity index (χ4n) is 11.6. The number of para-hydroxylation sites is 3. The molecule has 4 nitrogen and oxygen atoms in total. The molecule has 3 heterocycles. The number of anilines is 8. The Morgan fingerprint density at radius 3 is 1.88 bits per heavy atom. The number of nitrogens with zero attached hydrogens (tertiary/aromatic N) is 2. The van der Waals surface area contributed by atoms with Crippen LogP contribution in [0.3, 0.4) is 0 Å². The Morgan fingerprint density at radius 2 is 1.15 bits per heavy atom. The maximum absolute atomic E-state index is 6.79. The highest BCUT2D eigenvalue weighted by molar-refractivity contribution is 6.73. The first-order valence-corrected chi connectivity index (χ1v) is 25.9. The minimum absolute atomic E-state index is 0.221. The van der Waals surface area contributed by atoms with Crippen LogP contribution in [0.15, 0.2) is 229 Å². The Morgan fingerprint density at radius 1 is 0.507 bits per heavy atom. The number of furan rings is 1. The second-order valence-electron chi connectivity index (χ2n) is 20.2. The van der Waals surface area contributed by atoms with Crippen LogP contribution in [0.25, 0.3) is 55.3 Å². The van der Waals surface area contributed by atoms with Crippen LogP contribution in [0.5, 0.6) is 0 Å². The third-order valence-electron chi connectivity index (χ3n) is 15.3. The average molecular weight is 941 g/mol. The summed E-state index contributed by atoms with van der Waals surface area (Å²) in [6.07, 6.45) is 4.73. The molecule has 73 heavy (non-hydrogen) atoms. The number of aryl methyl sites for hydroxylation is 1. The molecule has 0 amide bonds. The van der Waals surface area contributed by atoms with Gasteiger partial charge in [-0.25, -0.2) is 0 Å². The molecule has 0 saturated carbocycles. The van der Waals surface area contributed by atoms with Gasteiger partial charge in [0, 0.05) is 61.6 Å². The van der Waals surface area contributed by atoms with E-state index in [9.17, 15) is 0 Å². The van der Waals surface area contributed by atoms with Crippen molar-refractivity contribution < 1.29 is 4.42 Å². The Balaban J connectivity index is 1.10. The Bertz CT molecular complexity index is 3770. The Labute approximate surface area is 429 Å². The van der Waals surface area contributed by atoms with E-state index < -0.39 is 0 Å². The summed E-state index contributed by atoms with van der Waals surface area (Å²) in [6.45, 7) is 7.01. The first kappa shape index (κ1) is 44.4. The average Bonchev–Trinajstić information content (AvgIpc) is 3.80. The monoisotopic (exact) mass is 940 g/mol. The quantitative estimate of drug-likeness (QED) is 0.0977. The molecule has 1 aromatic heterocycles. The summed E-state index contributed by atoms with van der Waals surface area (Å²) in [7, 11) is 2.43. The zero-order valence-electron chi connectivity index (χ0n) is 41.6. The van der Waals surface area contributed by atoms with Gasteiger partial charge in [-0.05, 0) is 136 Å². The molecule has 10 aromatic carbocycles. The van der Waals surface area contributed by atoms with Crippen LogP contribution in [0, 0.1) is 0 Å². The number of hydrogen-bond acceptors (Lipinski definition) is 4. The maximum Gasteiger partial charge on any atom is 0.197 e. The number of unbranched alkanes of at least 4 members (excludes halogenated alkanes) is 2. The van der Waals surface area contributed by atoms with Gasteiger partial charge in [-0.15, -0.1) is 0 Å². The van der Waals surface area contributed by atoms with Crippen molar-refractivity contribution in [3.63, 3.8) is 0 Å². The van der Waals surface area contributed by atoms with Crippen molar-refractivity contribution in [2.75, 3.05) is 15.1 Å². The Kier molecular flexibility index (Phi) is 11.1. The van der Waals surface area contributed by atoms with Gasteiger partial charge in [0.25, 0.3) is 0 Å². The van der Waals surface area contributed by atoms with E-state index in [1.165, 1.54) is 63.9 Å². The minimum Gasteiger partial charge on any atom is -0.456 e. The normalized spacial score (nSPS) is 13.0. The highest BCUT2D eigenvalue weighted by atomic mass is 16.3. The van der Waals surface area contributed by atoms with Crippen molar-refractivity contribution >= 4 is 85.6 Å². The van der Waals surface area contributed by atoms with Crippen LogP contribution in [0.4, 0.5) is 45.5 Å². The molecule has 1 N–H and O–H groups in total. The molecule has 11 aromatic rings. The smallest absolute Gasteiger partial charge is 0.197 e. The lowest BCUT2D eigenvalue weighted by Gasteiger charge is -2.46. The number of fused-ring (bicyclic) bond motifs is 7. The molecule has 0 fully saturated rings. The topological polar surface area (TPSA) is 31.6 Å². The largest absolute Gasteiger partial charge is 0.456 e. The van der Waals surface area contributed by atoms with Gasteiger partial charge < -0.3 is 19.5 Å². The maximum atomic E-state index is 6.79. The van der Waals surface area contributed by atoms with E-state index in [4.69, 9.17) is 4.42 Å². The predicted octanol–water partition coefficient (Wildman–Crippen LogP) is 17.6. The lowest BCUT2D eigenvalue weighted by atomic mass is 9.56. The SMILES string of the molecule is CCCCCc1ccc(Nc2cc3c(cc2-c2cc(N(c4cccc(-c5ccccc5)c4)c4cccc(-c5ccccc5)c4)cc4c2[B]c2cccc5c2N4c2ccccc2C5(C)C)oc2ccccc23)cc1. The third-order valence-corrected chi connectivity index (χ3v) is 15.3. The van der Waals surface area contributed by atoms with Crippen molar-refractivity contribution in [2.24, 2.45) is 0 Å². The van der Waals surface area contributed by atoms with Crippen molar-refractivity contribution in [3.05, 3.63) is 241 Å². The van der Waals surface area contributed by atoms with E-state index in [0.29, 0.717) is 0 Å². The zero-order valence-corrected chi connectivity index (χ0v) is 41.6. The van der Waals surface area contributed by atoms with Crippen molar-refractivity contribution in [1.82, 2.24) is 0 Å². The molecule has 351 valence electrons. The number of hydrogen-bond donors (Lipinski definition) is 1. The van der Waals surface area contributed by atoms with Gasteiger partial charge in [0.2, 0.25) is 0 Å². The molecule has 2 aliphatic heterocycles. The summed E-state index contributed by atoms with van der Waals surface area (Å²) in [4.78, 5) is 5.00. The van der Waals surface area contributed by atoms with Crippen LogP contribution in [0.2, 0.25) is 0 Å². The molecule has 0 unspecified atom stereocenters. The lowest BCUT2D eigenvalue weighted by molar-refractivity contribution is 0.632. The lowest BCUT2D eigenvalue weighted by Crippen LogP contribution is -2.45. The van der Waals surface area contributed by atoms with Crippen molar-refractivity contribution in [2.45, 2.75) is 51.9 Å². The molecule has 0 spiro atoms. The molecule has 0 bridgehead atoms. The van der Waals surface area contributed by atoms with Crippen molar-refractivity contribution in [1.29, 1.82) is 0 Å². The van der Waals surface area contributed by atoms with E-state index in [1.807, 2.05) is 0 Å². The molecule has 13 rings (SSSR count). The molecule has 0 atom stereocenters.